The van der Waals surface area contributed by atoms with Gasteiger partial charge in [-0.1, -0.05) is 18.2 Å². The number of nitro groups is 1. The molecule has 1 fully saturated rings. The average molecular weight is 272 g/mol. The third-order valence-electron chi connectivity index (χ3n) is 3.71. The van der Waals surface area contributed by atoms with Crippen molar-refractivity contribution in [3.8, 4) is 5.75 Å². The highest BCUT2D eigenvalue weighted by Gasteiger charge is 2.17. The molecule has 5 nitrogen and oxygen atoms in total. The summed E-state index contributed by atoms with van der Waals surface area (Å²) in [6.45, 7) is 2.77. The predicted octanol–water partition coefficient (Wildman–Crippen LogP) is 2.74. The third kappa shape index (κ3) is 2.44. The summed E-state index contributed by atoms with van der Waals surface area (Å²) < 4.78 is 5.81. The van der Waals surface area contributed by atoms with Crippen LogP contribution < -0.4 is 10.1 Å². The number of hydrogen-bond donors (Lipinski definition) is 1. The maximum atomic E-state index is 11.0. The van der Waals surface area contributed by atoms with Crippen molar-refractivity contribution in [3.63, 3.8) is 0 Å². The van der Waals surface area contributed by atoms with Gasteiger partial charge in [-0.2, -0.15) is 0 Å². The van der Waals surface area contributed by atoms with E-state index < -0.39 is 0 Å². The van der Waals surface area contributed by atoms with Gasteiger partial charge >= 0.3 is 0 Å². The number of fused-ring (bicyclic) bond motifs is 1. The molecular formula is C15H16N2O3. The van der Waals surface area contributed by atoms with Gasteiger partial charge in [0, 0.05) is 11.5 Å². The van der Waals surface area contributed by atoms with Crippen LogP contribution >= 0.6 is 0 Å². The molecule has 1 saturated heterocycles. The highest BCUT2D eigenvalue weighted by molar-refractivity contribution is 5.95. The summed E-state index contributed by atoms with van der Waals surface area (Å²) in [5.41, 5.74) is 0.121. The van der Waals surface area contributed by atoms with Gasteiger partial charge in [-0.05, 0) is 37.6 Å². The van der Waals surface area contributed by atoms with Gasteiger partial charge in [-0.3, -0.25) is 10.1 Å². The van der Waals surface area contributed by atoms with Crippen LogP contribution in [0.3, 0.4) is 0 Å². The molecule has 5 heteroatoms. The van der Waals surface area contributed by atoms with E-state index in [9.17, 15) is 10.1 Å². The second-order valence-corrected chi connectivity index (χ2v) is 5.05. The number of non-ortho nitro benzene ring substituents is 1. The number of ether oxygens (including phenoxy) is 1. The van der Waals surface area contributed by atoms with Crippen LogP contribution in [0.1, 0.15) is 6.42 Å². The maximum absolute atomic E-state index is 11.0. The lowest BCUT2D eigenvalue weighted by Gasteiger charge is -2.26. The number of hydrogen-bond acceptors (Lipinski definition) is 4. The second kappa shape index (κ2) is 5.46. The Morgan fingerprint density at radius 3 is 2.60 bits per heavy atom. The minimum Gasteiger partial charge on any atom is -0.493 e. The predicted molar refractivity (Wildman–Crippen MR) is 77.1 cm³/mol. The SMILES string of the molecule is O=[N+]([O-])c1ccc(OCCC2CNC2)c2ccccc12. The summed E-state index contributed by atoms with van der Waals surface area (Å²) in [6, 6.07) is 10.5. The topological polar surface area (TPSA) is 64.4 Å². The molecule has 2 aromatic rings. The van der Waals surface area contributed by atoms with E-state index in [4.69, 9.17) is 4.74 Å². The Morgan fingerprint density at radius 1 is 1.20 bits per heavy atom. The van der Waals surface area contributed by atoms with E-state index in [2.05, 4.69) is 5.32 Å². The van der Waals surface area contributed by atoms with E-state index in [1.807, 2.05) is 12.1 Å². The molecule has 0 radical (unpaired) electrons. The smallest absolute Gasteiger partial charge is 0.277 e. The molecular weight excluding hydrogens is 256 g/mol. The van der Waals surface area contributed by atoms with Crippen LogP contribution in [0.15, 0.2) is 36.4 Å². The van der Waals surface area contributed by atoms with Gasteiger partial charge in [0.15, 0.2) is 0 Å². The molecule has 0 aliphatic carbocycles. The Balaban J connectivity index is 1.83. The van der Waals surface area contributed by atoms with Crippen LogP contribution in [-0.2, 0) is 0 Å². The van der Waals surface area contributed by atoms with Gasteiger partial charge in [-0.15, -0.1) is 0 Å². The van der Waals surface area contributed by atoms with Crippen molar-refractivity contribution in [2.75, 3.05) is 19.7 Å². The van der Waals surface area contributed by atoms with E-state index in [1.165, 1.54) is 6.07 Å². The molecule has 0 atom stereocenters. The molecule has 1 aliphatic heterocycles. The molecule has 0 saturated carbocycles. The highest BCUT2D eigenvalue weighted by atomic mass is 16.6. The summed E-state index contributed by atoms with van der Waals surface area (Å²) in [5.74, 6) is 1.41. The van der Waals surface area contributed by atoms with E-state index in [0.717, 1.165) is 30.6 Å². The fourth-order valence-corrected chi connectivity index (χ4v) is 2.43. The summed E-state index contributed by atoms with van der Waals surface area (Å²) in [5, 5.41) is 15.7. The highest BCUT2D eigenvalue weighted by Crippen LogP contribution is 2.32. The zero-order valence-corrected chi connectivity index (χ0v) is 11.0. The van der Waals surface area contributed by atoms with Crippen molar-refractivity contribution in [1.82, 2.24) is 5.32 Å². The molecule has 3 rings (SSSR count). The van der Waals surface area contributed by atoms with E-state index in [-0.39, 0.29) is 10.6 Å². The molecule has 0 aromatic heterocycles. The van der Waals surface area contributed by atoms with Crippen molar-refractivity contribution >= 4 is 16.5 Å². The third-order valence-corrected chi connectivity index (χ3v) is 3.71. The summed E-state index contributed by atoms with van der Waals surface area (Å²) in [6.07, 6.45) is 1.01. The first-order valence-electron chi connectivity index (χ1n) is 6.75. The molecule has 0 bridgehead atoms. The van der Waals surface area contributed by atoms with Gasteiger partial charge in [0.25, 0.3) is 5.69 Å². The van der Waals surface area contributed by atoms with Crippen molar-refractivity contribution < 1.29 is 9.66 Å². The Bertz CT molecular complexity index is 638. The lowest BCUT2D eigenvalue weighted by Crippen LogP contribution is -2.42. The molecule has 1 aliphatic rings. The standard InChI is InChI=1S/C15H16N2O3/c18-17(19)14-5-6-15(13-4-2-1-3-12(13)14)20-8-7-11-9-16-10-11/h1-6,11,16H,7-10H2. The molecule has 1 N–H and O–H groups in total. The largest absolute Gasteiger partial charge is 0.493 e. The summed E-state index contributed by atoms with van der Waals surface area (Å²) >= 11 is 0. The monoisotopic (exact) mass is 272 g/mol. The van der Waals surface area contributed by atoms with E-state index >= 15 is 0 Å². The Labute approximate surface area is 116 Å². The summed E-state index contributed by atoms with van der Waals surface area (Å²) in [7, 11) is 0. The number of rotatable bonds is 5. The number of nitrogens with one attached hydrogen (secondary N) is 1. The van der Waals surface area contributed by atoms with Crippen molar-refractivity contribution in [2.24, 2.45) is 5.92 Å². The first-order valence-corrected chi connectivity index (χ1v) is 6.75. The Kier molecular flexibility index (Phi) is 3.52. The fourth-order valence-electron chi connectivity index (χ4n) is 2.43. The lowest BCUT2D eigenvalue weighted by atomic mass is 10.0. The fraction of sp³-hybridized carbons (Fsp3) is 0.333. The van der Waals surface area contributed by atoms with Crippen molar-refractivity contribution in [3.05, 3.63) is 46.5 Å². The minimum atomic E-state index is -0.355. The molecule has 0 unspecified atom stereocenters. The van der Waals surface area contributed by atoms with Crippen LogP contribution in [0.5, 0.6) is 5.75 Å². The number of nitrogens with zero attached hydrogens (tertiary/aromatic N) is 1. The normalized spacial score (nSPS) is 15.0. The van der Waals surface area contributed by atoms with Gasteiger partial charge in [0.1, 0.15) is 5.75 Å². The first-order chi connectivity index (χ1) is 9.75. The number of benzene rings is 2. The average Bonchev–Trinajstić information content (AvgIpc) is 2.41. The van der Waals surface area contributed by atoms with Crippen LogP contribution in [0, 0.1) is 16.0 Å². The van der Waals surface area contributed by atoms with Crippen LogP contribution in [0.25, 0.3) is 10.8 Å². The molecule has 20 heavy (non-hydrogen) atoms. The molecule has 0 amide bonds. The molecule has 2 aromatic carbocycles. The van der Waals surface area contributed by atoms with Crippen LogP contribution in [0.4, 0.5) is 5.69 Å². The lowest BCUT2D eigenvalue weighted by molar-refractivity contribution is -0.383. The van der Waals surface area contributed by atoms with Gasteiger partial charge in [-0.25, -0.2) is 0 Å². The molecule has 104 valence electrons. The van der Waals surface area contributed by atoms with Crippen LogP contribution in [-0.4, -0.2) is 24.6 Å². The van der Waals surface area contributed by atoms with Gasteiger partial charge in [0.2, 0.25) is 0 Å². The first kappa shape index (κ1) is 12.9. The molecule has 1 heterocycles. The second-order valence-electron chi connectivity index (χ2n) is 5.05. The molecule has 0 spiro atoms. The van der Waals surface area contributed by atoms with Crippen LogP contribution in [0.2, 0.25) is 0 Å². The Hall–Kier alpha value is -2.14. The van der Waals surface area contributed by atoms with Crippen molar-refractivity contribution in [1.29, 1.82) is 0 Å². The quantitative estimate of drug-likeness (QED) is 0.671. The minimum absolute atomic E-state index is 0.121. The van der Waals surface area contributed by atoms with Gasteiger partial charge < -0.3 is 10.1 Å². The van der Waals surface area contributed by atoms with Gasteiger partial charge in [0.05, 0.1) is 16.9 Å². The van der Waals surface area contributed by atoms with Crippen molar-refractivity contribution in [2.45, 2.75) is 6.42 Å². The zero-order valence-electron chi connectivity index (χ0n) is 11.0. The number of nitro benzene ring substituents is 1. The van der Waals surface area contributed by atoms with E-state index in [0.29, 0.717) is 17.9 Å². The summed E-state index contributed by atoms with van der Waals surface area (Å²) in [4.78, 5) is 10.7. The maximum Gasteiger partial charge on any atom is 0.277 e. The van der Waals surface area contributed by atoms with E-state index in [1.54, 1.807) is 18.2 Å². The zero-order chi connectivity index (χ0) is 13.9. The Morgan fingerprint density at radius 2 is 1.95 bits per heavy atom.